The number of hydrogen-bond donors (Lipinski definition) is 4. The highest BCUT2D eigenvalue weighted by atomic mass is 35.5. The van der Waals surface area contributed by atoms with E-state index in [-0.39, 0.29) is 55.4 Å². The molecule has 32 heteroatoms. The zero-order chi connectivity index (χ0) is 98.0. The molecule has 4 unspecified atom stereocenters. The van der Waals surface area contributed by atoms with E-state index in [9.17, 15) is 19.2 Å². The average Bonchev–Trinajstić information content (AvgIpc) is 1.63. The third kappa shape index (κ3) is 24.1. The lowest BCUT2D eigenvalue weighted by molar-refractivity contribution is 0.0831. The summed E-state index contributed by atoms with van der Waals surface area (Å²) in [6.07, 6.45) is 15.6. The van der Waals surface area contributed by atoms with Gasteiger partial charge in [-0.3, -0.25) is 19.6 Å². The number of allylic oxidation sites excluding steroid dienone is 1. The van der Waals surface area contributed by atoms with Crippen LogP contribution in [0.5, 0.6) is 28.7 Å². The smallest absolute Gasteiger partial charge is 0.416 e. The number of imidazole rings is 2. The molecule has 4 amide bonds. The standard InChI is InChI=1S/C31H28Cl2N4O3.C31H29ClN4O3.C24H24Cl2N2O3.C23H23Cl3N2O3/c32-23-8-11-28-26(18-23)25-12-15-37(31(38)40-19-22-4-1-2-5-27(22)33)30(29(25)35-28)21-6-9-24(10-7-21)39-17-3-14-36-16-13-34-20-36;1-21-3-8-25(9-4-21)39-31(37)36-16-13-26-27-19-23(32)7-12-28(27)34-29(26)30(36)22-5-10-24(11-6-22)38-18-2-15-35-17-14-33-20-35;1-15(2)31-24(29)28-12-10-19-20-14-17(26)6-9-21(20)27-22(19)23(28)16-4-7-18(8-5-16)30-13-3-11-25;24-9-1-12-30-17-5-2-15(3-6-17)22-21-18(8-11-28(22)23(29)31-13-10-25)19-14-16(26)4-7-20(19)27-21/h1-2,4-11,13,16,18,20,30,35H,3,12,14-15,17,19H2;3-12,14,17,19-20,30,34H,2,13,15-16,18H2,1H3;4-9,14,23,27H,1,3,10-13H2,2H3;2-7,14,22,27H,1,8-13H2. The van der Waals surface area contributed by atoms with Gasteiger partial charge in [0.05, 0.1) is 50.7 Å². The Morgan fingerprint density at radius 1 is 0.383 bits per heavy atom. The third-order valence-electron chi connectivity index (χ3n) is 25.0. The van der Waals surface area contributed by atoms with Crippen molar-refractivity contribution in [3.8, 4) is 28.7 Å². The number of aromatic nitrogens is 8. The van der Waals surface area contributed by atoms with Crippen molar-refractivity contribution >= 4 is 161 Å². The van der Waals surface area contributed by atoms with E-state index >= 15 is 0 Å². The lowest BCUT2D eigenvalue weighted by Crippen LogP contribution is -2.42. The van der Waals surface area contributed by atoms with Gasteiger partial charge >= 0.3 is 24.4 Å². The van der Waals surface area contributed by atoms with Crippen molar-refractivity contribution in [1.29, 1.82) is 0 Å². The van der Waals surface area contributed by atoms with Crippen molar-refractivity contribution in [3.05, 3.63) is 372 Å². The molecular weight excluding hydrogens is 1950 g/mol. The summed E-state index contributed by atoms with van der Waals surface area (Å²) < 4.78 is 49.8. The molecule has 24 nitrogen and oxygen atoms in total. The molecule has 10 heterocycles. The van der Waals surface area contributed by atoms with Crippen LogP contribution in [0, 0.1) is 6.92 Å². The number of amides is 4. The van der Waals surface area contributed by atoms with Crippen molar-refractivity contribution in [2.75, 3.05) is 76.9 Å². The Hall–Kier alpha value is -12.9. The number of carbonyl (C=O) groups is 4. The first-order chi connectivity index (χ1) is 68.7. The molecule has 0 radical (unpaired) electrons. The Morgan fingerprint density at radius 2 is 0.716 bits per heavy atom. The Bertz CT molecular complexity index is 7000. The number of fused-ring (bicyclic) bond motifs is 12. The van der Waals surface area contributed by atoms with E-state index in [1.807, 2.05) is 241 Å². The van der Waals surface area contributed by atoms with Crippen LogP contribution in [0.25, 0.3) is 43.6 Å². The molecule has 141 heavy (non-hydrogen) atoms. The van der Waals surface area contributed by atoms with Crippen LogP contribution < -0.4 is 23.7 Å². The van der Waals surface area contributed by atoms with Crippen LogP contribution in [-0.4, -0.2) is 160 Å². The molecule has 728 valence electrons. The Morgan fingerprint density at radius 3 is 1.05 bits per heavy atom. The van der Waals surface area contributed by atoms with E-state index in [2.05, 4.69) is 36.5 Å². The molecule has 0 spiro atoms. The lowest BCUT2D eigenvalue weighted by Gasteiger charge is -2.35. The maximum Gasteiger partial charge on any atom is 0.416 e. The molecular formula is C109H104Cl8N12O12. The monoisotopic (exact) mass is 2050 g/mol. The minimum atomic E-state index is -0.415. The van der Waals surface area contributed by atoms with Crippen molar-refractivity contribution in [3.63, 3.8) is 0 Å². The van der Waals surface area contributed by atoms with E-state index in [1.165, 1.54) is 16.7 Å². The van der Waals surface area contributed by atoms with Gasteiger partial charge in [0.1, 0.15) is 66.1 Å². The number of aryl methyl sites for hydroxylation is 3. The van der Waals surface area contributed by atoms with Crippen LogP contribution in [0.3, 0.4) is 0 Å². The zero-order valence-corrected chi connectivity index (χ0v) is 83.6. The Balaban J connectivity index is 0.000000130. The number of carbonyl (C=O) groups excluding carboxylic acids is 4. The first-order valence-electron chi connectivity index (χ1n) is 46.7. The molecule has 0 saturated heterocycles. The second-order valence-corrected chi connectivity index (χ2v) is 37.8. The summed E-state index contributed by atoms with van der Waals surface area (Å²) >= 11 is 48.6. The van der Waals surface area contributed by atoms with Crippen LogP contribution in [-0.2, 0) is 59.6 Å². The minimum Gasteiger partial charge on any atom is -0.494 e. The predicted octanol–water partition coefficient (Wildman–Crippen LogP) is 27.0. The molecule has 4 N–H and O–H groups in total. The molecule has 0 saturated carbocycles. The fraction of sp³-hybridized carbons (Fsp3) is 0.266. The van der Waals surface area contributed by atoms with Gasteiger partial charge in [0.15, 0.2) is 0 Å². The van der Waals surface area contributed by atoms with Gasteiger partial charge in [0, 0.05) is 173 Å². The molecule has 0 aliphatic carbocycles. The highest BCUT2D eigenvalue weighted by Crippen LogP contribution is 2.46. The number of halogens is 8. The number of benzene rings is 10. The van der Waals surface area contributed by atoms with Crippen LogP contribution in [0.1, 0.15) is 135 Å². The number of H-pyrrole nitrogens is 4. The molecule has 20 rings (SSSR count). The van der Waals surface area contributed by atoms with E-state index in [1.54, 1.807) is 57.6 Å². The van der Waals surface area contributed by atoms with Gasteiger partial charge in [-0.25, -0.2) is 29.1 Å². The molecule has 16 aromatic rings. The molecule has 6 aromatic heterocycles. The van der Waals surface area contributed by atoms with E-state index in [0.717, 1.165) is 167 Å². The number of ether oxygens (including phenoxy) is 8. The van der Waals surface area contributed by atoms with Gasteiger partial charge in [0.25, 0.3) is 0 Å². The average molecular weight is 2060 g/mol. The first kappa shape index (κ1) is 99.7. The maximum atomic E-state index is 13.5. The van der Waals surface area contributed by atoms with Gasteiger partial charge in [-0.15, -0.1) is 34.8 Å². The van der Waals surface area contributed by atoms with Crippen molar-refractivity contribution in [1.82, 2.24) is 58.6 Å². The van der Waals surface area contributed by atoms with Crippen LogP contribution >= 0.6 is 92.8 Å². The molecule has 0 bridgehead atoms. The van der Waals surface area contributed by atoms with Gasteiger partial charge in [-0.05, 0) is 249 Å². The summed E-state index contributed by atoms with van der Waals surface area (Å²) in [6, 6.07) is 68.3. The fourth-order valence-corrected chi connectivity index (χ4v) is 19.6. The van der Waals surface area contributed by atoms with E-state index in [0.29, 0.717) is 127 Å². The largest absolute Gasteiger partial charge is 0.494 e. The number of nitrogens with one attached hydrogen (secondary N) is 4. The van der Waals surface area contributed by atoms with Gasteiger partial charge in [-0.2, -0.15) is 0 Å². The number of hydrogen-bond acceptors (Lipinski definition) is 14. The lowest BCUT2D eigenvalue weighted by atomic mass is 9.92. The van der Waals surface area contributed by atoms with Gasteiger partial charge < -0.3 is 67.0 Å². The number of rotatable bonds is 28. The summed E-state index contributed by atoms with van der Waals surface area (Å²) in [5.41, 5.74) is 18.3. The zero-order valence-electron chi connectivity index (χ0n) is 77.5. The molecule has 4 aliphatic rings. The Labute approximate surface area is 856 Å². The second-order valence-electron chi connectivity index (χ2n) is 34.5. The SMILES string of the molecule is C=C(C)OC(=O)N1CCc2c([nH]c3ccc(Cl)cc23)C1c1ccc(OCCCCl)cc1.Cc1ccc(OC(=O)N2CCc3c([nH]c4ccc(Cl)cc34)C2c2ccc(OCCCn3ccnc3)cc2)cc1.O=C(OCCCl)N1CCc2c([nH]c3ccc(Cl)cc23)C1c1ccc(OCCCCl)cc1.O=C(OCc1ccccc1Cl)N1CCc2c([nH]c3ccc(Cl)cc23)C1c1ccc(OCCCn2ccnc2)cc1. The second kappa shape index (κ2) is 47.1. The van der Waals surface area contributed by atoms with E-state index < -0.39 is 12.2 Å². The Kier molecular flexibility index (Phi) is 33.3. The minimum absolute atomic E-state index is 0.0999. The molecule has 4 atom stereocenters. The predicted molar refractivity (Wildman–Crippen MR) is 557 cm³/mol. The maximum absolute atomic E-state index is 13.5. The van der Waals surface area contributed by atoms with Crippen molar-refractivity contribution < 1.29 is 57.1 Å². The van der Waals surface area contributed by atoms with Gasteiger partial charge in [-0.1, -0.05) is 149 Å². The van der Waals surface area contributed by atoms with Crippen molar-refractivity contribution in [2.24, 2.45) is 0 Å². The number of alkyl halides is 3. The number of aromatic amines is 4. The first-order valence-corrected chi connectivity index (χ1v) is 50.2. The molecule has 4 aliphatic heterocycles. The third-order valence-corrected chi connectivity index (χ3v) is 27.0. The van der Waals surface area contributed by atoms with Crippen LogP contribution in [0.2, 0.25) is 25.1 Å². The van der Waals surface area contributed by atoms with Crippen molar-refractivity contribution in [2.45, 2.75) is 109 Å². The summed E-state index contributed by atoms with van der Waals surface area (Å²) in [6.45, 7) is 13.8. The van der Waals surface area contributed by atoms with Crippen LogP contribution in [0.15, 0.2) is 268 Å². The van der Waals surface area contributed by atoms with E-state index in [4.69, 9.17) is 131 Å². The highest BCUT2D eigenvalue weighted by Gasteiger charge is 2.41. The fourth-order valence-electron chi connectivity index (χ4n) is 18.4. The topological polar surface area (TPSA) is 254 Å². The quantitative estimate of drug-likeness (QED) is 0.0154. The van der Waals surface area contributed by atoms with Crippen LogP contribution in [0.4, 0.5) is 19.2 Å². The van der Waals surface area contributed by atoms with Gasteiger partial charge in [0.2, 0.25) is 0 Å². The summed E-state index contributed by atoms with van der Waals surface area (Å²) in [4.78, 5) is 82.0. The normalized spacial score (nSPS) is 15.2. The molecule has 0 fully saturated rings. The number of nitrogens with zero attached hydrogens (tertiary/aromatic N) is 8. The summed E-state index contributed by atoms with van der Waals surface area (Å²) in [5, 5.41) is 7.66. The highest BCUT2D eigenvalue weighted by molar-refractivity contribution is 6.33. The summed E-state index contributed by atoms with van der Waals surface area (Å²) in [7, 11) is 0. The summed E-state index contributed by atoms with van der Waals surface area (Å²) in [5.74, 6) is 5.38. The molecule has 10 aromatic carbocycles.